The third-order valence-corrected chi connectivity index (χ3v) is 5.90. The fraction of sp³-hybridized carbons (Fsp3) is 0.417. The van der Waals surface area contributed by atoms with E-state index in [2.05, 4.69) is 17.1 Å². The molecule has 2 amide bonds. The number of nitrogens with zero attached hydrogens (tertiary/aromatic N) is 2. The number of amides is 2. The van der Waals surface area contributed by atoms with Crippen molar-refractivity contribution in [3.63, 3.8) is 0 Å². The first-order valence-corrected chi connectivity index (χ1v) is 11.1. The minimum Gasteiger partial charge on any atom is -0.368 e. The molecule has 0 saturated carbocycles. The fourth-order valence-electron chi connectivity index (χ4n) is 3.63. The van der Waals surface area contributed by atoms with E-state index in [1.165, 1.54) is 0 Å². The van der Waals surface area contributed by atoms with Gasteiger partial charge in [-0.25, -0.2) is 0 Å². The number of anilines is 2. The Labute approximate surface area is 184 Å². The van der Waals surface area contributed by atoms with Gasteiger partial charge in [0.05, 0.1) is 0 Å². The number of benzene rings is 2. The zero-order valence-corrected chi connectivity index (χ0v) is 18.3. The monoisotopic (exact) mass is 427 g/mol. The molecule has 1 heterocycles. The van der Waals surface area contributed by atoms with Crippen LogP contribution in [0.2, 0.25) is 0 Å². The van der Waals surface area contributed by atoms with E-state index < -0.39 is 5.38 Å². The molecule has 0 radical (unpaired) electrons. The Balaban J connectivity index is 1.49. The number of halogens is 1. The van der Waals surface area contributed by atoms with Gasteiger partial charge in [0.1, 0.15) is 5.38 Å². The van der Waals surface area contributed by atoms with E-state index in [1.807, 2.05) is 59.5 Å². The number of nitrogens with one attached hydrogen (secondary N) is 1. The molecule has 2 aromatic rings. The predicted molar refractivity (Wildman–Crippen MR) is 123 cm³/mol. The Morgan fingerprint density at radius 3 is 2.27 bits per heavy atom. The van der Waals surface area contributed by atoms with Crippen LogP contribution < -0.4 is 10.2 Å². The van der Waals surface area contributed by atoms with Crippen LogP contribution >= 0.6 is 11.6 Å². The Bertz CT molecular complexity index is 818. The van der Waals surface area contributed by atoms with Gasteiger partial charge in [0.25, 0.3) is 0 Å². The molecule has 0 bridgehead atoms. The topological polar surface area (TPSA) is 52.7 Å². The van der Waals surface area contributed by atoms with E-state index in [1.54, 1.807) is 0 Å². The van der Waals surface area contributed by atoms with Crippen LogP contribution in [0.4, 0.5) is 11.4 Å². The smallest absolute Gasteiger partial charge is 0.246 e. The van der Waals surface area contributed by atoms with Crippen molar-refractivity contribution in [2.45, 2.75) is 38.0 Å². The average Bonchev–Trinajstić information content (AvgIpc) is 2.80. The molecule has 0 spiro atoms. The largest absolute Gasteiger partial charge is 0.368 e. The summed E-state index contributed by atoms with van der Waals surface area (Å²) in [6.07, 6.45) is 3.89. The highest BCUT2D eigenvalue weighted by Gasteiger charge is 2.21. The summed E-state index contributed by atoms with van der Waals surface area (Å²) in [6, 6.07) is 17.1. The lowest BCUT2D eigenvalue weighted by atomic mass is 10.1. The van der Waals surface area contributed by atoms with E-state index in [-0.39, 0.29) is 11.8 Å². The Hall–Kier alpha value is -2.53. The molecule has 1 aliphatic heterocycles. The van der Waals surface area contributed by atoms with Gasteiger partial charge in [-0.3, -0.25) is 9.59 Å². The first kappa shape index (κ1) is 22.2. The summed E-state index contributed by atoms with van der Waals surface area (Å²) < 4.78 is 0. The highest BCUT2D eigenvalue weighted by Crippen LogP contribution is 2.24. The molecule has 1 saturated heterocycles. The first-order chi connectivity index (χ1) is 14.6. The van der Waals surface area contributed by atoms with Gasteiger partial charge in [0.2, 0.25) is 11.8 Å². The number of piperazine rings is 1. The second-order valence-electron chi connectivity index (χ2n) is 7.63. The minimum atomic E-state index is -0.728. The molecule has 6 heteroatoms. The molecule has 160 valence electrons. The molecule has 0 aromatic heterocycles. The lowest BCUT2D eigenvalue weighted by molar-refractivity contribution is -0.131. The molecule has 1 fully saturated rings. The van der Waals surface area contributed by atoms with Gasteiger partial charge in [-0.1, -0.05) is 50.1 Å². The molecule has 0 unspecified atom stereocenters. The standard InChI is InChI=1S/C24H30ClN3O2/c1-2-3-5-10-22(29)28-17-15-27(16-18-28)21-13-11-20(12-14-21)26-24(30)23(25)19-8-6-4-7-9-19/h4,6-9,11-14,23H,2-3,5,10,15-18H2,1H3,(H,26,30)/t23-/m1/s1. The van der Waals surface area contributed by atoms with Crippen molar-refractivity contribution < 1.29 is 9.59 Å². The average molecular weight is 428 g/mol. The summed E-state index contributed by atoms with van der Waals surface area (Å²) in [5.74, 6) is 0.0287. The van der Waals surface area contributed by atoms with Gasteiger partial charge in [0.15, 0.2) is 0 Å². The Kier molecular flexibility index (Phi) is 8.14. The maximum atomic E-state index is 12.4. The van der Waals surface area contributed by atoms with E-state index in [4.69, 9.17) is 11.6 Å². The van der Waals surface area contributed by atoms with Crippen molar-refractivity contribution in [1.29, 1.82) is 0 Å². The summed E-state index contributed by atoms with van der Waals surface area (Å²) >= 11 is 6.29. The van der Waals surface area contributed by atoms with Crippen LogP contribution in [0.3, 0.4) is 0 Å². The quantitative estimate of drug-likeness (QED) is 0.484. The van der Waals surface area contributed by atoms with Gasteiger partial charge >= 0.3 is 0 Å². The number of carbonyl (C=O) groups is 2. The molecule has 0 aliphatic carbocycles. The van der Waals surface area contributed by atoms with Gasteiger partial charge in [-0.2, -0.15) is 0 Å². The SMILES string of the molecule is CCCCCC(=O)N1CCN(c2ccc(NC(=O)[C@H](Cl)c3ccccc3)cc2)CC1. The third kappa shape index (κ3) is 5.99. The molecule has 1 N–H and O–H groups in total. The zero-order valence-electron chi connectivity index (χ0n) is 17.5. The molecule has 2 aromatic carbocycles. The van der Waals surface area contributed by atoms with E-state index in [0.29, 0.717) is 6.42 Å². The van der Waals surface area contributed by atoms with Crippen molar-refractivity contribution in [1.82, 2.24) is 4.90 Å². The number of alkyl halides is 1. The summed E-state index contributed by atoms with van der Waals surface area (Å²) in [5.41, 5.74) is 2.59. The number of carbonyl (C=O) groups excluding carboxylic acids is 2. The van der Waals surface area contributed by atoms with Crippen molar-refractivity contribution in [2.75, 3.05) is 36.4 Å². The Morgan fingerprint density at radius 1 is 0.967 bits per heavy atom. The molecule has 1 aliphatic rings. The molecule has 30 heavy (non-hydrogen) atoms. The second kappa shape index (κ2) is 11.0. The molecular formula is C24H30ClN3O2. The number of hydrogen-bond acceptors (Lipinski definition) is 3. The predicted octanol–water partition coefficient (Wildman–Crippen LogP) is 4.83. The van der Waals surface area contributed by atoms with Crippen molar-refractivity contribution in [2.24, 2.45) is 0 Å². The lowest BCUT2D eigenvalue weighted by Crippen LogP contribution is -2.48. The van der Waals surface area contributed by atoms with Crippen LogP contribution in [0, 0.1) is 0 Å². The first-order valence-electron chi connectivity index (χ1n) is 10.7. The van der Waals surface area contributed by atoms with Crippen LogP contribution in [0.25, 0.3) is 0 Å². The van der Waals surface area contributed by atoms with Crippen LogP contribution in [0.15, 0.2) is 54.6 Å². The van der Waals surface area contributed by atoms with Crippen molar-refractivity contribution in [3.05, 3.63) is 60.2 Å². The van der Waals surface area contributed by atoms with Crippen molar-refractivity contribution in [3.8, 4) is 0 Å². The maximum absolute atomic E-state index is 12.4. The Morgan fingerprint density at radius 2 is 1.63 bits per heavy atom. The highest BCUT2D eigenvalue weighted by atomic mass is 35.5. The summed E-state index contributed by atoms with van der Waals surface area (Å²) in [4.78, 5) is 28.9. The third-order valence-electron chi connectivity index (χ3n) is 5.45. The number of unbranched alkanes of at least 4 members (excludes halogenated alkanes) is 2. The number of hydrogen-bond donors (Lipinski definition) is 1. The van der Waals surface area contributed by atoms with Gasteiger partial charge in [-0.15, -0.1) is 11.6 Å². The highest BCUT2D eigenvalue weighted by molar-refractivity contribution is 6.32. The van der Waals surface area contributed by atoms with Gasteiger partial charge < -0.3 is 15.1 Å². The van der Waals surface area contributed by atoms with Crippen molar-refractivity contribution >= 4 is 34.8 Å². The normalized spacial score (nSPS) is 15.0. The van der Waals surface area contributed by atoms with Crippen LogP contribution in [0.1, 0.15) is 43.5 Å². The van der Waals surface area contributed by atoms with E-state index in [0.717, 1.165) is 62.4 Å². The molecule has 1 atom stereocenters. The summed E-state index contributed by atoms with van der Waals surface area (Å²) in [7, 11) is 0. The molecule has 3 rings (SSSR count). The molecule has 5 nitrogen and oxygen atoms in total. The van der Waals surface area contributed by atoms with Crippen LogP contribution in [-0.4, -0.2) is 42.9 Å². The van der Waals surface area contributed by atoms with Gasteiger partial charge in [0, 0.05) is 44.0 Å². The fourth-order valence-corrected chi connectivity index (χ4v) is 3.83. The summed E-state index contributed by atoms with van der Waals surface area (Å²) in [6.45, 7) is 5.31. The van der Waals surface area contributed by atoms with E-state index in [9.17, 15) is 9.59 Å². The van der Waals surface area contributed by atoms with Crippen LogP contribution in [0.5, 0.6) is 0 Å². The number of rotatable bonds is 8. The zero-order chi connectivity index (χ0) is 21.3. The van der Waals surface area contributed by atoms with Gasteiger partial charge in [-0.05, 0) is 36.2 Å². The second-order valence-corrected chi connectivity index (χ2v) is 8.07. The minimum absolute atomic E-state index is 0.245. The lowest BCUT2D eigenvalue weighted by Gasteiger charge is -2.36. The summed E-state index contributed by atoms with van der Waals surface area (Å²) in [5, 5.41) is 2.15. The maximum Gasteiger partial charge on any atom is 0.246 e. The molecular weight excluding hydrogens is 398 g/mol. The van der Waals surface area contributed by atoms with E-state index >= 15 is 0 Å². The van der Waals surface area contributed by atoms with Crippen LogP contribution in [-0.2, 0) is 9.59 Å².